The number of aromatic nitrogens is 5. The van der Waals surface area contributed by atoms with Crippen LogP contribution >= 0.6 is 11.8 Å². The van der Waals surface area contributed by atoms with E-state index in [2.05, 4.69) is 47.6 Å². The topological polar surface area (TPSA) is 56.0 Å². The van der Waals surface area contributed by atoms with Crippen LogP contribution in [0.25, 0.3) is 22.6 Å². The number of alkyl halides is 1. The Kier molecular flexibility index (Phi) is 13.0. The maximum Gasteiger partial charge on any atom is 0.254 e. The third kappa shape index (κ3) is 8.52. The summed E-state index contributed by atoms with van der Waals surface area (Å²) < 4.78 is 13.2. The maximum absolute atomic E-state index is 11.4. The quantitative estimate of drug-likeness (QED) is 0.252. The highest BCUT2D eigenvalue weighted by Gasteiger charge is 2.15. The van der Waals surface area contributed by atoms with Gasteiger partial charge in [-0.05, 0) is 63.6 Å². The van der Waals surface area contributed by atoms with Crippen LogP contribution in [-0.4, -0.2) is 37.0 Å². The zero-order valence-electron chi connectivity index (χ0n) is 21.8. The molecule has 0 bridgehead atoms. The summed E-state index contributed by atoms with van der Waals surface area (Å²) >= 11 is 1.50. The summed E-state index contributed by atoms with van der Waals surface area (Å²) in [5, 5.41) is 5.28. The zero-order valence-corrected chi connectivity index (χ0v) is 22.6. The number of hydrogen-bond acceptors (Lipinski definition) is 5. The standard InChI is InChI=1S/C21H23N5S.C4H9F.C2H6/c1-6-15(4)17(8-7-14(2)3)18-13-19(16-9-11-22-12-10-16)26-20(23-18)24-21(25-26)27-5;1-3-4(2)5;1-2/h7-13H,2,6H2,1,3-5H3;4H,3H2,1-2H3;1-2H3/b8-7-,17-15-;;. The van der Waals surface area contributed by atoms with Crippen molar-refractivity contribution < 1.29 is 4.39 Å². The molecule has 1 unspecified atom stereocenters. The van der Waals surface area contributed by atoms with Crippen LogP contribution in [0.2, 0.25) is 0 Å². The molecule has 3 aromatic rings. The molecule has 1 atom stereocenters. The number of halogens is 1. The van der Waals surface area contributed by atoms with Gasteiger partial charge in [-0.1, -0.05) is 69.3 Å². The molecule has 0 saturated heterocycles. The van der Waals surface area contributed by atoms with Gasteiger partial charge in [-0.25, -0.2) is 9.37 Å². The minimum atomic E-state index is -0.616. The molecule has 0 aromatic carbocycles. The first kappa shape index (κ1) is 29.2. The molecule has 3 rings (SSSR count). The van der Waals surface area contributed by atoms with E-state index in [1.165, 1.54) is 17.3 Å². The van der Waals surface area contributed by atoms with E-state index in [1.54, 1.807) is 23.8 Å². The highest BCUT2D eigenvalue weighted by Crippen LogP contribution is 2.27. The summed E-state index contributed by atoms with van der Waals surface area (Å²) in [6.45, 7) is 17.6. The van der Waals surface area contributed by atoms with Crippen molar-refractivity contribution in [2.45, 2.75) is 72.6 Å². The first-order chi connectivity index (χ1) is 16.3. The molecule has 0 spiro atoms. The second kappa shape index (κ2) is 15.2. The fourth-order valence-electron chi connectivity index (χ4n) is 2.67. The van der Waals surface area contributed by atoms with Gasteiger partial charge < -0.3 is 0 Å². The van der Waals surface area contributed by atoms with Crippen molar-refractivity contribution in [3.63, 3.8) is 0 Å². The molecule has 184 valence electrons. The van der Waals surface area contributed by atoms with E-state index in [-0.39, 0.29) is 0 Å². The summed E-state index contributed by atoms with van der Waals surface area (Å²) in [5.74, 6) is 0.591. The summed E-state index contributed by atoms with van der Waals surface area (Å²) in [6.07, 6.45) is 10.6. The summed E-state index contributed by atoms with van der Waals surface area (Å²) in [6, 6.07) is 6.01. The molecule has 0 aliphatic rings. The number of hydrogen-bond donors (Lipinski definition) is 0. The molecule has 7 heteroatoms. The van der Waals surface area contributed by atoms with Crippen LogP contribution in [0.4, 0.5) is 4.39 Å². The van der Waals surface area contributed by atoms with Crippen LogP contribution < -0.4 is 0 Å². The Morgan fingerprint density at radius 2 is 1.76 bits per heavy atom. The lowest BCUT2D eigenvalue weighted by molar-refractivity contribution is 0.352. The highest BCUT2D eigenvalue weighted by atomic mass is 32.2. The molecule has 0 aliphatic carbocycles. The molecule has 3 aromatic heterocycles. The van der Waals surface area contributed by atoms with Crippen molar-refractivity contribution in [3.8, 4) is 11.3 Å². The molecule has 0 saturated carbocycles. The molecule has 3 heterocycles. The van der Waals surface area contributed by atoms with E-state index >= 15 is 0 Å². The smallest absolute Gasteiger partial charge is 0.254 e. The number of pyridine rings is 1. The molecule has 5 nitrogen and oxygen atoms in total. The van der Waals surface area contributed by atoms with Gasteiger partial charge in [0.15, 0.2) is 0 Å². The first-order valence-electron chi connectivity index (χ1n) is 11.7. The highest BCUT2D eigenvalue weighted by molar-refractivity contribution is 7.98. The van der Waals surface area contributed by atoms with Gasteiger partial charge in [0, 0.05) is 18.0 Å². The molecule has 0 fully saturated rings. The second-order valence-electron chi connectivity index (χ2n) is 7.49. The van der Waals surface area contributed by atoms with Crippen LogP contribution in [0.15, 0.2) is 65.6 Å². The Hall–Kier alpha value is -2.80. The van der Waals surface area contributed by atoms with E-state index in [4.69, 9.17) is 4.98 Å². The van der Waals surface area contributed by atoms with E-state index in [0.29, 0.717) is 17.4 Å². The summed E-state index contributed by atoms with van der Waals surface area (Å²) in [4.78, 5) is 13.5. The number of thioether (sulfide) groups is 1. The predicted molar refractivity (Wildman–Crippen MR) is 145 cm³/mol. The Morgan fingerprint density at radius 1 is 1.15 bits per heavy atom. The Bertz CT molecular complexity index is 1100. The normalized spacial score (nSPS) is 12.4. The monoisotopic (exact) mass is 483 g/mol. The average molecular weight is 484 g/mol. The number of fused-ring (bicyclic) bond motifs is 1. The Labute approximate surface area is 208 Å². The third-order valence-electron chi connectivity index (χ3n) is 4.81. The molecule has 34 heavy (non-hydrogen) atoms. The second-order valence-corrected chi connectivity index (χ2v) is 8.26. The average Bonchev–Trinajstić information content (AvgIpc) is 3.28. The molecule has 0 radical (unpaired) electrons. The first-order valence-corrected chi connectivity index (χ1v) is 12.9. The maximum atomic E-state index is 11.4. The molecular formula is C27H38FN5S. The number of rotatable bonds is 7. The van der Waals surface area contributed by atoms with Crippen LogP contribution in [0.5, 0.6) is 0 Å². The van der Waals surface area contributed by atoms with Gasteiger partial charge in [0.2, 0.25) is 5.16 Å². The van der Waals surface area contributed by atoms with Crippen molar-refractivity contribution in [2.24, 2.45) is 0 Å². The third-order valence-corrected chi connectivity index (χ3v) is 5.35. The van der Waals surface area contributed by atoms with Crippen molar-refractivity contribution in [1.82, 2.24) is 24.6 Å². The Morgan fingerprint density at radius 3 is 2.26 bits per heavy atom. The Balaban J connectivity index is 0.000000733. The minimum absolute atomic E-state index is 0.591. The van der Waals surface area contributed by atoms with Gasteiger partial charge in [0.05, 0.1) is 17.6 Å². The van der Waals surface area contributed by atoms with Crippen LogP contribution in [0, 0.1) is 0 Å². The lowest BCUT2D eigenvalue weighted by Crippen LogP contribution is -2.01. The van der Waals surface area contributed by atoms with Crippen LogP contribution in [0.1, 0.15) is 67.0 Å². The molecular weight excluding hydrogens is 445 g/mol. The molecule has 0 amide bonds. The fourth-order valence-corrected chi connectivity index (χ4v) is 3.00. The van der Waals surface area contributed by atoms with Gasteiger partial charge >= 0.3 is 0 Å². The van der Waals surface area contributed by atoms with Gasteiger partial charge in [-0.15, -0.1) is 5.10 Å². The van der Waals surface area contributed by atoms with Crippen molar-refractivity contribution in [2.75, 3.05) is 6.26 Å². The van der Waals surface area contributed by atoms with E-state index < -0.39 is 6.17 Å². The van der Waals surface area contributed by atoms with Gasteiger partial charge in [-0.2, -0.15) is 9.50 Å². The number of allylic oxidation sites excluding steroid dienone is 5. The lowest BCUT2D eigenvalue weighted by atomic mass is 10.0. The predicted octanol–water partition coefficient (Wildman–Crippen LogP) is 8.00. The van der Waals surface area contributed by atoms with Gasteiger partial charge in [0.25, 0.3) is 5.78 Å². The molecule has 0 aliphatic heterocycles. The minimum Gasteiger partial charge on any atom is -0.265 e. The molecule has 0 N–H and O–H groups in total. The summed E-state index contributed by atoms with van der Waals surface area (Å²) in [7, 11) is 0. The van der Waals surface area contributed by atoms with Crippen molar-refractivity contribution in [3.05, 3.63) is 66.2 Å². The SMILES string of the molecule is C=C(C)/C=C\C(=C(/C)CC)c1cc(-c2ccncc2)n2nc(SC)nc2n1.CC.CCC(C)F. The largest absolute Gasteiger partial charge is 0.265 e. The van der Waals surface area contributed by atoms with Crippen LogP contribution in [-0.2, 0) is 0 Å². The number of nitrogens with zero attached hydrogens (tertiary/aromatic N) is 5. The van der Waals surface area contributed by atoms with Crippen LogP contribution in [0.3, 0.4) is 0 Å². The fraction of sp³-hybridized carbons (Fsp3) is 0.407. The zero-order chi connectivity index (χ0) is 25.7. The van der Waals surface area contributed by atoms with Crippen molar-refractivity contribution in [1.29, 1.82) is 0 Å². The summed E-state index contributed by atoms with van der Waals surface area (Å²) in [5.41, 5.74) is 6.19. The van der Waals surface area contributed by atoms with E-state index in [0.717, 1.165) is 34.5 Å². The van der Waals surface area contributed by atoms with E-state index in [1.807, 2.05) is 52.2 Å². The lowest BCUT2D eigenvalue weighted by Gasteiger charge is -2.10. The van der Waals surface area contributed by atoms with Gasteiger partial charge in [0.1, 0.15) is 0 Å². The van der Waals surface area contributed by atoms with Gasteiger partial charge in [-0.3, -0.25) is 4.98 Å². The van der Waals surface area contributed by atoms with E-state index in [9.17, 15) is 4.39 Å². The van der Waals surface area contributed by atoms with Crippen molar-refractivity contribution >= 4 is 23.1 Å².